The number of carbonyl (C=O) groups excluding carboxylic acids is 1. The van der Waals surface area contributed by atoms with E-state index >= 15 is 0 Å². The van der Waals surface area contributed by atoms with Crippen LogP contribution in [0, 0.1) is 0 Å². The van der Waals surface area contributed by atoms with Crippen molar-refractivity contribution in [3.63, 3.8) is 0 Å². The zero-order chi connectivity index (χ0) is 12.1. The highest BCUT2D eigenvalue weighted by Gasteiger charge is 2.06. The summed E-state index contributed by atoms with van der Waals surface area (Å²) in [6.07, 6.45) is 0.861. The molecule has 0 aliphatic carbocycles. The average Bonchev–Trinajstić information content (AvgIpc) is 2.29. The first-order valence-corrected chi connectivity index (χ1v) is 5.50. The molecule has 0 saturated heterocycles. The summed E-state index contributed by atoms with van der Waals surface area (Å²) < 4.78 is 4.55. The van der Waals surface area contributed by atoms with Crippen molar-refractivity contribution in [2.24, 2.45) is 0 Å². The number of methoxy groups -OCH3 is 1. The van der Waals surface area contributed by atoms with E-state index in [0.717, 1.165) is 11.1 Å². The summed E-state index contributed by atoms with van der Waals surface area (Å²) in [5.41, 5.74) is 1.72. The van der Waals surface area contributed by atoms with E-state index in [1.165, 1.54) is 7.11 Å². The van der Waals surface area contributed by atoms with Crippen molar-refractivity contribution in [3.8, 4) is 0 Å². The fourth-order valence-electron chi connectivity index (χ4n) is 1.22. The lowest BCUT2D eigenvalue weighted by Gasteiger charge is -2.06. The van der Waals surface area contributed by atoms with E-state index in [4.69, 9.17) is 23.2 Å². The molecular formula is C12H12Cl2O2. The van der Waals surface area contributed by atoms with Gasteiger partial charge in [0.15, 0.2) is 0 Å². The second-order valence-corrected chi connectivity index (χ2v) is 4.12. The molecule has 0 unspecified atom stereocenters. The first-order chi connectivity index (χ1) is 7.54. The molecule has 2 nitrogen and oxygen atoms in total. The van der Waals surface area contributed by atoms with Gasteiger partial charge in [-0.3, -0.25) is 4.79 Å². The minimum absolute atomic E-state index is 0.249. The van der Waals surface area contributed by atoms with Crippen molar-refractivity contribution in [1.29, 1.82) is 0 Å². The molecule has 1 aromatic carbocycles. The quantitative estimate of drug-likeness (QED) is 0.765. The minimum atomic E-state index is -0.249. The van der Waals surface area contributed by atoms with Gasteiger partial charge < -0.3 is 4.74 Å². The molecule has 0 spiro atoms. The molecule has 0 fully saturated rings. The van der Waals surface area contributed by atoms with Crippen LogP contribution in [0.4, 0.5) is 0 Å². The zero-order valence-corrected chi connectivity index (χ0v) is 10.4. The van der Waals surface area contributed by atoms with Crippen molar-refractivity contribution < 1.29 is 9.53 Å². The van der Waals surface area contributed by atoms with Gasteiger partial charge in [0, 0.05) is 6.42 Å². The number of esters is 1. The Morgan fingerprint density at radius 1 is 1.31 bits per heavy atom. The predicted molar refractivity (Wildman–Crippen MR) is 66.7 cm³/mol. The molecule has 0 aromatic heterocycles. The van der Waals surface area contributed by atoms with Crippen LogP contribution in [0.25, 0.3) is 5.57 Å². The van der Waals surface area contributed by atoms with Crippen LogP contribution in [-0.4, -0.2) is 13.1 Å². The van der Waals surface area contributed by atoms with Crippen molar-refractivity contribution in [3.05, 3.63) is 40.4 Å². The molecule has 0 aliphatic heterocycles. The fraction of sp³-hybridized carbons (Fsp3) is 0.250. The Bertz CT molecular complexity index is 413. The smallest absolute Gasteiger partial charge is 0.305 e. The molecule has 4 heteroatoms. The molecule has 0 heterocycles. The molecule has 0 aliphatic rings. The Hall–Kier alpha value is -0.990. The molecule has 0 amide bonds. The lowest BCUT2D eigenvalue weighted by atomic mass is 10.0. The van der Waals surface area contributed by atoms with Crippen LogP contribution in [0.2, 0.25) is 10.0 Å². The highest BCUT2D eigenvalue weighted by molar-refractivity contribution is 6.42. The van der Waals surface area contributed by atoms with Gasteiger partial charge in [0.2, 0.25) is 0 Å². The second kappa shape index (κ2) is 5.92. The zero-order valence-electron chi connectivity index (χ0n) is 8.93. The van der Waals surface area contributed by atoms with E-state index in [2.05, 4.69) is 11.3 Å². The summed E-state index contributed by atoms with van der Waals surface area (Å²) in [7, 11) is 1.37. The van der Waals surface area contributed by atoms with Crippen molar-refractivity contribution in [2.75, 3.05) is 7.11 Å². The first kappa shape index (κ1) is 13.1. The molecule has 1 rings (SSSR count). The number of ether oxygens (including phenoxy) is 1. The third-order valence-electron chi connectivity index (χ3n) is 2.19. The van der Waals surface area contributed by atoms with E-state index in [0.29, 0.717) is 22.9 Å². The maximum Gasteiger partial charge on any atom is 0.305 e. The second-order valence-electron chi connectivity index (χ2n) is 3.31. The average molecular weight is 259 g/mol. The van der Waals surface area contributed by atoms with Crippen molar-refractivity contribution in [2.45, 2.75) is 12.8 Å². The van der Waals surface area contributed by atoms with Crippen LogP contribution in [0.3, 0.4) is 0 Å². The molecule has 0 saturated carbocycles. The standard InChI is InChI=1S/C12H12Cl2O2/c1-8(3-6-12(15)16-2)9-4-5-10(13)11(14)7-9/h4-5,7H,1,3,6H2,2H3. The molecule has 0 radical (unpaired) electrons. The molecule has 0 N–H and O–H groups in total. The van der Waals surface area contributed by atoms with Crippen LogP contribution in [0.15, 0.2) is 24.8 Å². The monoisotopic (exact) mass is 258 g/mol. The number of hydrogen-bond acceptors (Lipinski definition) is 2. The number of halogens is 2. The van der Waals surface area contributed by atoms with E-state index in [-0.39, 0.29) is 5.97 Å². The highest BCUT2D eigenvalue weighted by Crippen LogP contribution is 2.27. The van der Waals surface area contributed by atoms with Gasteiger partial charge in [0.05, 0.1) is 17.2 Å². The molecular weight excluding hydrogens is 247 g/mol. The van der Waals surface area contributed by atoms with E-state index < -0.39 is 0 Å². The topological polar surface area (TPSA) is 26.3 Å². The number of benzene rings is 1. The van der Waals surface area contributed by atoms with E-state index in [9.17, 15) is 4.79 Å². The summed E-state index contributed by atoms with van der Waals surface area (Å²) in [5, 5.41) is 0.990. The molecule has 1 aromatic rings. The third-order valence-corrected chi connectivity index (χ3v) is 2.93. The summed E-state index contributed by atoms with van der Waals surface area (Å²) >= 11 is 11.7. The van der Waals surface area contributed by atoms with Crippen LogP contribution < -0.4 is 0 Å². The summed E-state index contributed by atoms with van der Waals surface area (Å²) in [6.45, 7) is 3.89. The SMILES string of the molecule is C=C(CCC(=O)OC)c1ccc(Cl)c(Cl)c1. The Morgan fingerprint density at radius 3 is 2.56 bits per heavy atom. The molecule has 0 atom stereocenters. The number of hydrogen-bond donors (Lipinski definition) is 0. The van der Waals surface area contributed by atoms with Crippen LogP contribution in [0.1, 0.15) is 18.4 Å². The lowest BCUT2D eigenvalue weighted by molar-refractivity contribution is -0.140. The Kier molecular flexibility index (Phi) is 4.84. The fourth-order valence-corrected chi connectivity index (χ4v) is 1.51. The van der Waals surface area contributed by atoms with Gasteiger partial charge in [-0.2, -0.15) is 0 Å². The molecule has 0 bridgehead atoms. The predicted octanol–water partition coefficient (Wildman–Crippen LogP) is 3.96. The Morgan fingerprint density at radius 2 is 2.00 bits per heavy atom. The number of carbonyl (C=O) groups is 1. The number of rotatable bonds is 4. The minimum Gasteiger partial charge on any atom is -0.469 e. The van der Waals surface area contributed by atoms with Gasteiger partial charge in [-0.15, -0.1) is 0 Å². The number of allylic oxidation sites excluding steroid dienone is 1. The third kappa shape index (κ3) is 3.54. The van der Waals surface area contributed by atoms with Gasteiger partial charge >= 0.3 is 5.97 Å². The van der Waals surface area contributed by atoms with Crippen LogP contribution >= 0.6 is 23.2 Å². The maximum absolute atomic E-state index is 11.0. The van der Waals surface area contributed by atoms with Gasteiger partial charge in [0.1, 0.15) is 0 Å². The van der Waals surface area contributed by atoms with Gasteiger partial charge in [-0.25, -0.2) is 0 Å². The van der Waals surface area contributed by atoms with Gasteiger partial charge in [-0.05, 0) is 29.7 Å². The van der Waals surface area contributed by atoms with Crippen molar-refractivity contribution >= 4 is 34.7 Å². The molecule has 16 heavy (non-hydrogen) atoms. The normalized spacial score (nSPS) is 9.94. The summed E-state index contributed by atoms with van der Waals surface area (Å²) in [4.78, 5) is 11.0. The van der Waals surface area contributed by atoms with E-state index in [1.807, 2.05) is 6.07 Å². The highest BCUT2D eigenvalue weighted by atomic mass is 35.5. The van der Waals surface area contributed by atoms with Crippen LogP contribution in [0.5, 0.6) is 0 Å². The first-order valence-electron chi connectivity index (χ1n) is 4.74. The van der Waals surface area contributed by atoms with Gasteiger partial charge in [-0.1, -0.05) is 35.8 Å². The molecule has 86 valence electrons. The van der Waals surface area contributed by atoms with Gasteiger partial charge in [0.25, 0.3) is 0 Å². The summed E-state index contributed by atoms with van der Waals surface area (Å²) in [5.74, 6) is -0.249. The summed E-state index contributed by atoms with van der Waals surface area (Å²) in [6, 6.07) is 5.28. The van der Waals surface area contributed by atoms with Crippen molar-refractivity contribution in [1.82, 2.24) is 0 Å². The Balaban J connectivity index is 2.66. The largest absolute Gasteiger partial charge is 0.469 e. The van der Waals surface area contributed by atoms with Crippen LogP contribution in [-0.2, 0) is 9.53 Å². The Labute approximate surface area is 105 Å². The van der Waals surface area contributed by atoms with E-state index in [1.54, 1.807) is 12.1 Å². The lowest BCUT2D eigenvalue weighted by Crippen LogP contribution is -1.99. The maximum atomic E-state index is 11.0.